The maximum atomic E-state index is 13.2. The van der Waals surface area contributed by atoms with E-state index in [9.17, 15) is 19.5 Å². The third-order valence-electron chi connectivity index (χ3n) is 5.36. The summed E-state index contributed by atoms with van der Waals surface area (Å²) < 4.78 is 2.03. The van der Waals surface area contributed by atoms with Crippen LogP contribution in [0.4, 0.5) is 0 Å². The van der Waals surface area contributed by atoms with Crippen LogP contribution >= 0.6 is 0 Å². The molecule has 158 valence electrons. The minimum atomic E-state index is -1.35. The van der Waals surface area contributed by atoms with Crippen molar-refractivity contribution in [1.29, 1.82) is 0 Å². The van der Waals surface area contributed by atoms with Crippen LogP contribution in [-0.2, 0) is 24.3 Å². The van der Waals surface area contributed by atoms with Crippen LogP contribution in [0.25, 0.3) is 11.3 Å². The van der Waals surface area contributed by atoms with Gasteiger partial charge >= 0.3 is 18.9 Å². The topological polar surface area (TPSA) is 121 Å². The fourth-order valence-corrected chi connectivity index (χ4v) is 3.66. The molecule has 0 saturated heterocycles. The average Bonchev–Trinajstić information content (AvgIpc) is 3.16. The van der Waals surface area contributed by atoms with Gasteiger partial charge in [0.05, 0.1) is 29.6 Å². The Labute approximate surface area is 196 Å². The molecule has 0 radical (unpaired) electrons. The van der Waals surface area contributed by atoms with Gasteiger partial charge in [-0.2, -0.15) is 0 Å². The zero-order chi connectivity index (χ0) is 22.1. The molecule has 0 N–H and O–H groups in total. The predicted molar refractivity (Wildman–Crippen MR) is 108 cm³/mol. The maximum absolute atomic E-state index is 13.2. The number of carboxylic acids is 1. The Balaban J connectivity index is 0.00000289. The molecule has 0 spiro atoms. The van der Waals surface area contributed by atoms with Crippen molar-refractivity contribution in [1.82, 2.24) is 24.4 Å². The third kappa shape index (κ3) is 4.35. The van der Waals surface area contributed by atoms with E-state index in [4.69, 9.17) is 0 Å². The van der Waals surface area contributed by atoms with E-state index in [1.165, 1.54) is 25.4 Å². The van der Waals surface area contributed by atoms with Gasteiger partial charge in [0.1, 0.15) is 11.5 Å². The van der Waals surface area contributed by atoms with Gasteiger partial charge in [-0.1, -0.05) is 6.92 Å². The zero-order valence-electron chi connectivity index (χ0n) is 18.2. The van der Waals surface area contributed by atoms with Crippen LogP contribution in [0.2, 0.25) is 0 Å². The first-order chi connectivity index (χ1) is 14.9. The summed E-state index contributed by atoms with van der Waals surface area (Å²) in [6, 6.07) is 6.25. The zero-order valence-corrected chi connectivity index (χ0v) is 18.2. The summed E-state index contributed by atoms with van der Waals surface area (Å²) in [5, 5.41) is 10.8. The molecular weight excluding hydrogens is 405 g/mol. The molecule has 0 saturated carbocycles. The van der Waals surface area contributed by atoms with Gasteiger partial charge in [0, 0.05) is 50.0 Å². The molecule has 32 heavy (non-hydrogen) atoms. The summed E-state index contributed by atoms with van der Waals surface area (Å²) in [7, 11) is 0. The maximum Gasteiger partial charge on any atom is 1.00 e. The number of carbonyl (C=O) groups is 3. The number of nitrogens with zero attached hydrogens (tertiary/aromatic N) is 5. The molecule has 0 unspecified atom stereocenters. The molecule has 1 amide bonds. The Morgan fingerprint density at radius 2 is 1.84 bits per heavy atom. The minimum Gasteiger partial charge on any atom is -0.543 e. The van der Waals surface area contributed by atoms with Crippen molar-refractivity contribution in [3.63, 3.8) is 0 Å². The number of fused-ring (bicyclic) bond motifs is 1. The monoisotopic (exact) mass is 425 g/mol. The molecular formula is C22H20LiN5O4. The van der Waals surface area contributed by atoms with Crippen molar-refractivity contribution in [3.8, 4) is 11.3 Å². The summed E-state index contributed by atoms with van der Waals surface area (Å²) in [5.74, 6) is -0.810. The molecule has 3 aromatic rings. The predicted octanol–water partition coefficient (Wildman–Crippen LogP) is -2.14. The minimum absolute atomic E-state index is 0. The first-order valence-corrected chi connectivity index (χ1v) is 9.91. The van der Waals surface area contributed by atoms with Gasteiger partial charge in [-0.25, -0.2) is 4.98 Å². The van der Waals surface area contributed by atoms with Crippen LogP contribution in [0.3, 0.4) is 0 Å². The number of ketones is 1. The summed E-state index contributed by atoms with van der Waals surface area (Å²) in [6.07, 6.45) is 3.55. The van der Waals surface area contributed by atoms with Gasteiger partial charge in [-0.3, -0.25) is 19.6 Å². The number of hydrogen-bond donors (Lipinski definition) is 0. The van der Waals surface area contributed by atoms with Crippen LogP contribution in [-0.4, -0.2) is 48.6 Å². The molecule has 3 aromatic heterocycles. The second-order valence-corrected chi connectivity index (χ2v) is 7.25. The number of hydrogen-bond acceptors (Lipinski definition) is 7. The van der Waals surface area contributed by atoms with Crippen LogP contribution in [0, 0.1) is 0 Å². The number of rotatable bonds is 5. The smallest absolute Gasteiger partial charge is 0.543 e. The molecule has 0 aliphatic carbocycles. The van der Waals surface area contributed by atoms with Crippen molar-refractivity contribution in [3.05, 3.63) is 65.1 Å². The van der Waals surface area contributed by atoms with Crippen molar-refractivity contribution in [2.75, 3.05) is 6.54 Å². The summed E-state index contributed by atoms with van der Waals surface area (Å²) >= 11 is 0. The number of carboxylic acid groups (broad SMARTS) is 1. The number of amides is 1. The van der Waals surface area contributed by atoms with Crippen molar-refractivity contribution in [2.45, 2.75) is 33.4 Å². The van der Waals surface area contributed by atoms with E-state index in [1.807, 2.05) is 11.5 Å². The van der Waals surface area contributed by atoms with E-state index in [0.29, 0.717) is 48.6 Å². The molecule has 10 heteroatoms. The molecule has 1 aliphatic rings. The largest absolute Gasteiger partial charge is 1.00 e. The Hall–Kier alpha value is -3.28. The standard InChI is InChI=1S/C22H21N5O4.Li/c1-3-19-25-20(18-12-26(13(2)28)8-9-27(18)19)21(29)15-5-6-16(23-11-15)14-4-7-17(22(30)31)24-10-14;/h4-7,10-11H,3,8-9,12H2,1-2H3,(H,30,31);/q;+1/p-1. The second-order valence-electron chi connectivity index (χ2n) is 7.25. The van der Waals surface area contributed by atoms with Crippen LogP contribution in [0.1, 0.15) is 51.9 Å². The molecule has 0 bridgehead atoms. The number of aromatic carboxylic acids is 1. The molecule has 9 nitrogen and oxygen atoms in total. The number of carbonyl (C=O) groups excluding carboxylic acids is 3. The number of pyridine rings is 2. The molecule has 4 heterocycles. The first-order valence-electron chi connectivity index (χ1n) is 9.91. The normalized spacial score (nSPS) is 12.6. The quantitative estimate of drug-likeness (QED) is 0.338. The first kappa shape index (κ1) is 23.4. The van der Waals surface area contributed by atoms with Gasteiger partial charge < -0.3 is 19.4 Å². The van der Waals surface area contributed by atoms with Crippen molar-refractivity contribution in [2.24, 2.45) is 0 Å². The van der Waals surface area contributed by atoms with Crippen molar-refractivity contribution >= 4 is 17.7 Å². The molecule has 0 fully saturated rings. The number of imidazole rings is 1. The third-order valence-corrected chi connectivity index (χ3v) is 5.36. The van der Waals surface area contributed by atoms with Gasteiger partial charge in [0.2, 0.25) is 11.7 Å². The van der Waals surface area contributed by atoms with Gasteiger partial charge in [-0.05, 0) is 24.3 Å². The number of aromatic nitrogens is 4. The van der Waals surface area contributed by atoms with E-state index < -0.39 is 5.97 Å². The Bertz CT molecular complexity index is 1170. The van der Waals surface area contributed by atoms with E-state index in [2.05, 4.69) is 15.0 Å². The summed E-state index contributed by atoms with van der Waals surface area (Å²) in [6.45, 7) is 5.07. The molecule has 1 aliphatic heterocycles. The Morgan fingerprint density at radius 3 is 2.41 bits per heavy atom. The summed E-state index contributed by atoms with van der Waals surface area (Å²) in [4.78, 5) is 50.3. The van der Waals surface area contributed by atoms with Gasteiger partial charge in [0.25, 0.3) is 0 Å². The molecule has 4 rings (SSSR count). The van der Waals surface area contributed by atoms with E-state index >= 15 is 0 Å². The van der Waals surface area contributed by atoms with Gasteiger partial charge in [-0.15, -0.1) is 0 Å². The van der Waals surface area contributed by atoms with E-state index in [1.54, 1.807) is 23.1 Å². The van der Waals surface area contributed by atoms with Crippen molar-refractivity contribution < 1.29 is 38.4 Å². The fraction of sp³-hybridized carbons (Fsp3) is 0.273. The van der Waals surface area contributed by atoms with Crippen LogP contribution < -0.4 is 24.0 Å². The Kier molecular flexibility index (Phi) is 6.92. The SMILES string of the molecule is CCc1nc(C(=O)c2ccc(-c3ccc(C(=O)[O-])nc3)nc2)c2n1CCN(C(C)=O)C2.[Li+]. The second kappa shape index (κ2) is 9.47. The number of aryl methyl sites for hydroxylation is 1. The van der Waals surface area contributed by atoms with E-state index in [-0.39, 0.29) is 36.2 Å². The Morgan fingerprint density at radius 1 is 1.06 bits per heavy atom. The average molecular weight is 425 g/mol. The van der Waals surface area contributed by atoms with Gasteiger partial charge in [0.15, 0.2) is 0 Å². The van der Waals surface area contributed by atoms with Crippen LogP contribution in [0.15, 0.2) is 36.7 Å². The van der Waals surface area contributed by atoms with E-state index in [0.717, 1.165) is 11.5 Å². The summed E-state index contributed by atoms with van der Waals surface area (Å²) in [5.41, 5.74) is 2.48. The molecule has 0 aromatic carbocycles. The fourth-order valence-electron chi connectivity index (χ4n) is 3.66. The molecule has 0 atom stereocenters. The van der Waals surface area contributed by atoms with Crippen LogP contribution in [0.5, 0.6) is 0 Å².